The van der Waals surface area contributed by atoms with Crippen LogP contribution in [0.4, 0.5) is 0 Å². The van der Waals surface area contributed by atoms with Crippen molar-refractivity contribution in [3.05, 3.63) is 57.6 Å². The van der Waals surface area contributed by atoms with Crippen LogP contribution < -0.4 is 10.5 Å². The van der Waals surface area contributed by atoms with E-state index in [1.54, 1.807) is 0 Å². The Morgan fingerprint density at radius 2 is 1.39 bits per heavy atom. The molecule has 0 unspecified atom stereocenters. The highest BCUT2D eigenvalue weighted by molar-refractivity contribution is 5.52. The predicted molar refractivity (Wildman–Crippen MR) is 133 cm³/mol. The van der Waals surface area contributed by atoms with Crippen molar-refractivity contribution in [3.63, 3.8) is 0 Å². The average Bonchev–Trinajstić information content (AvgIpc) is 2.66. The molecule has 0 bridgehead atoms. The van der Waals surface area contributed by atoms with E-state index in [4.69, 9.17) is 10.5 Å². The van der Waals surface area contributed by atoms with Crippen LogP contribution in [0.15, 0.2) is 24.3 Å². The van der Waals surface area contributed by atoms with Crippen LogP contribution >= 0.6 is 0 Å². The highest BCUT2D eigenvalue weighted by Gasteiger charge is 2.22. The van der Waals surface area contributed by atoms with E-state index in [9.17, 15) is 5.11 Å². The summed E-state index contributed by atoms with van der Waals surface area (Å²) in [6, 6.07) is 8.83. The Labute approximate surface area is 190 Å². The number of hydrogen-bond donors (Lipinski definition) is 2. The van der Waals surface area contributed by atoms with Gasteiger partial charge < -0.3 is 15.6 Å². The lowest BCUT2D eigenvalue weighted by Crippen LogP contribution is -2.14. The minimum Gasteiger partial charge on any atom is -0.507 e. The molecule has 0 fully saturated rings. The summed E-state index contributed by atoms with van der Waals surface area (Å²) in [6.45, 7) is 18.9. The lowest BCUT2D eigenvalue weighted by molar-refractivity contribution is 0.303. The zero-order valence-corrected chi connectivity index (χ0v) is 21.0. The number of phenolic OH excluding ortho intramolecular Hbond substituents is 1. The third kappa shape index (κ3) is 6.49. The van der Waals surface area contributed by atoms with Crippen molar-refractivity contribution in [2.75, 3.05) is 13.2 Å². The van der Waals surface area contributed by atoms with Crippen LogP contribution in [0, 0.1) is 6.92 Å². The zero-order chi connectivity index (χ0) is 23.4. The fourth-order valence-corrected chi connectivity index (χ4v) is 3.84. The summed E-state index contributed by atoms with van der Waals surface area (Å²) >= 11 is 0. The Kier molecular flexibility index (Phi) is 8.21. The molecular formula is C28H43NO2. The Morgan fingerprint density at radius 1 is 0.839 bits per heavy atom. The first kappa shape index (κ1) is 25.3. The van der Waals surface area contributed by atoms with Crippen molar-refractivity contribution in [3.8, 4) is 11.5 Å². The van der Waals surface area contributed by atoms with Crippen LogP contribution in [0.3, 0.4) is 0 Å². The van der Waals surface area contributed by atoms with Gasteiger partial charge in [0.2, 0.25) is 0 Å². The number of benzene rings is 2. The quantitative estimate of drug-likeness (QED) is 0.470. The monoisotopic (exact) mass is 425 g/mol. The normalized spacial score (nSPS) is 12.3. The van der Waals surface area contributed by atoms with Crippen molar-refractivity contribution < 1.29 is 9.84 Å². The summed E-state index contributed by atoms with van der Waals surface area (Å²) in [5, 5.41) is 11.0. The first-order valence-corrected chi connectivity index (χ1v) is 11.7. The summed E-state index contributed by atoms with van der Waals surface area (Å²) in [4.78, 5) is 0. The Balaban J connectivity index is 2.56. The van der Waals surface area contributed by atoms with E-state index in [0.717, 1.165) is 47.3 Å². The lowest BCUT2D eigenvalue weighted by Gasteiger charge is -2.25. The molecule has 0 saturated heterocycles. The summed E-state index contributed by atoms with van der Waals surface area (Å²) in [7, 11) is 0. The van der Waals surface area contributed by atoms with Crippen molar-refractivity contribution in [1.82, 2.24) is 0 Å². The van der Waals surface area contributed by atoms with Gasteiger partial charge in [-0.1, -0.05) is 72.7 Å². The average molecular weight is 426 g/mol. The summed E-state index contributed by atoms with van der Waals surface area (Å²) in [5.41, 5.74) is 12.5. The van der Waals surface area contributed by atoms with Gasteiger partial charge >= 0.3 is 0 Å². The van der Waals surface area contributed by atoms with Crippen molar-refractivity contribution >= 4 is 0 Å². The molecule has 0 atom stereocenters. The van der Waals surface area contributed by atoms with Crippen LogP contribution in [0.1, 0.15) is 94.7 Å². The van der Waals surface area contributed by atoms with Gasteiger partial charge in [-0.15, -0.1) is 0 Å². The van der Waals surface area contributed by atoms with Gasteiger partial charge in [0.25, 0.3) is 0 Å². The first-order valence-electron chi connectivity index (χ1n) is 11.7. The van der Waals surface area contributed by atoms with Crippen LogP contribution in [-0.2, 0) is 23.7 Å². The molecule has 0 radical (unpaired) electrons. The molecule has 2 aromatic rings. The van der Waals surface area contributed by atoms with Gasteiger partial charge in [0.1, 0.15) is 11.5 Å². The summed E-state index contributed by atoms with van der Waals surface area (Å²) < 4.78 is 6.27. The molecule has 0 spiro atoms. The molecule has 3 nitrogen and oxygen atoms in total. The minimum absolute atomic E-state index is 0.0249. The van der Waals surface area contributed by atoms with Crippen LogP contribution in [0.5, 0.6) is 11.5 Å². The fraction of sp³-hybridized carbons (Fsp3) is 0.571. The Bertz CT molecular complexity index is 885. The van der Waals surface area contributed by atoms with Gasteiger partial charge in [0.15, 0.2) is 0 Å². The number of aromatic hydroxyl groups is 1. The molecular weight excluding hydrogens is 382 g/mol. The topological polar surface area (TPSA) is 55.5 Å². The van der Waals surface area contributed by atoms with Gasteiger partial charge in [0.05, 0.1) is 6.61 Å². The van der Waals surface area contributed by atoms with Crippen molar-refractivity contribution in [2.45, 2.75) is 91.9 Å². The second kappa shape index (κ2) is 10.1. The molecule has 0 saturated carbocycles. The number of nitrogens with two attached hydrogens (primary N) is 1. The standard InChI is InChI=1S/C28H43NO2/c1-9-20-16-24(28(6,7)8)17-21(25(20)30)15-22-18-23(27(3,4)5)14-19(2)26(22)31-13-11-10-12-29/h14,16-18,30H,9-13,15,29H2,1-8H3. The van der Waals surface area contributed by atoms with E-state index in [0.29, 0.717) is 25.3 Å². The molecule has 172 valence electrons. The number of phenols is 1. The van der Waals surface area contributed by atoms with E-state index in [1.807, 2.05) is 0 Å². The Morgan fingerprint density at radius 3 is 1.94 bits per heavy atom. The van der Waals surface area contributed by atoms with E-state index in [2.05, 4.69) is 79.7 Å². The molecule has 0 aromatic heterocycles. The highest BCUT2D eigenvalue weighted by Crippen LogP contribution is 2.37. The highest BCUT2D eigenvalue weighted by atomic mass is 16.5. The molecule has 0 aliphatic carbocycles. The maximum atomic E-state index is 11.0. The van der Waals surface area contributed by atoms with E-state index in [1.165, 1.54) is 11.1 Å². The largest absolute Gasteiger partial charge is 0.507 e. The fourth-order valence-electron chi connectivity index (χ4n) is 3.84. The molecule has 2 aromatic carbocycles. The molecule has 0 amide bonds. The van der Waals surface area contributed by atoms with Gasteiger partial charge in [0, 0.05) is 6.42 Å². The minimum atomic E-state index is 0.0249. The predicted octanol–water partition coefficient (Wildman–Crippen LogP) is 6.57. The maximum absolute atomic E-state index is 11.0. The van der Waals surface area contributed by atoms with Crippen LogP contribution in [0.25, 0.3) is 0 Å². The number of aryl methyl sites for hydroxylation is 2. The Hall–Kier alpha value is -2.00. The van der Waals surface area contributed by atoms with Gasteiger partial charge in [-0.3, -0.25) is 0 Å². The molecule has 2 rings (SSSR count). The van der Waals surface area contributed by atoms with Gasteiger partial charge in [-0.2, -0.15) is 0 Å². The second-order valence-corrected chi connectivity index (χ2v) is 10.8. The van der Waals surface area contributed by atoms with Gasteiger partial charge in [-0.25, -0.2) is 0 Å². The van der Waals surface area contributed by atoms with Crippen LogP contribution in [-0.4, -0.2) is 18.3 Å². The van der Waals surface area contributed by atoms with Gasteiger partial charge in [-0.05, 0) is 76.9 Å². The zero-order valence-electron chi connectivity index (χ0n) is 21.0. The number of rotatable bonds is 8. The number of hydrogen-bond acceptors (Lipinski definition) is 3. The van der Waals surface area contributed by atoms with E-state index < -0.39 is 0 Å². The molecule has 3 heteroatoms. The van der Waals surface area contributed by atoms with Crippen molar-refractivity contribution in [2.24, 2.45) is 5.73 Å². The summed E-state index contributed by atoms with van der Waals surface area (Å²) in [6.07, 6.45) is 3.37. The number of unbranched alkanes of at least 4 members (excludes halogenated alkanes) is 1. The maximum Gasteiger partial charge on any atom is 0.125 e. The third-order valence-corrected chi connectivity index (χ3v) is 5.96. The van der Waals surface area contributed by atoms with Crippen molar-refractivity contribution in [1.29, 1.82) is 0 Å². The number of ether oxygens (including phenoxy) is 1. The lowest BCUT2D eigenvalue weighted by atomic mass is 9.82. The van der Waals surface area contributed by atoms with Crippen LogP contribution in [0.2, 0.25) is 0 Å². The molecule has 31 heavy (non-hydrogen) atoms. The first-order chi connectivity index (χ1) is 14.4. The van der Waals surface area contributed by atoms with E-state index >= 15 is 0 Å². The smallest absolute Gasteiger partial charge is 0.125 e. The molecule has 0 aliphatic heterocycles. The SMILES string of the molecule is CCc1cc(C(C)(C)C)cc(Cc2cc(C(C)(C)C)cc(C)c2OCCCCN)c1O. The molecule has 3 N–H and O–H groups in total. The second-order valence-electron chi connectivity index (χ2n) is 10.8. The third-order valence-electron chi connectivity index (χ3n) is 5.96. The summed E-state index contributed by atoms with van der Waals surface area (Å²) in [5.74, 6) is 1.37. The van der Waals surface area contributed by atoms with E-state index in [-0.39, 0.29) is 10.8 Å². The molecule has 0 aliphatic rings. The molecule has 0 heterocycles.